The Hall–Kier alpha value is -0.340. The molecular weight excluding hydrogens is 164 g/mol. The van der Waals surface area contributed by atoms with Crippen LogP contribution in [-0.2, 0) is 4.74 Å². The van der Waals surface area contributed by atoms with Gasteiger partial charge in [-0.2, -0.15) is 0 Å². The normalized spacial score (nSPS) is 26.6. The molecule has 0 aromatic carbocycles. The highest BCUT2D eigenvalue weighted by molar-refractivity contribution is 5.05. The Morgan fingerprint density at radius 3 is 3.08 bits per heavy atom. The fourth-order valence-corrected chi connectivity index (χ4v) is 1.59. The zero-order valence-corrected chi connectivity index (χ0v) is 8.46. The number of aliphatic hydroxyl groups excluding tert-OH is 1. The van der Waals surface area contributed by atoms with Gasteiger partial charge in [0.25, 0.3) is 0 Å². The van der Waals surface area contributed by atoms with Crippen molar-refractivity contribution in [1.82, 2.24) is 0 Å². The lowest BCUT2D eigenvalue weighted by Crippen LogP contribution is -2.23. The van der Waals surface area contributed by atoms with Gasteiger partial charge in [-0.1, -0.05) is 25.8 Å². The minimum Gasteiger partial charge on any atom is -0.390 e. The van der Waals surface area contributed by atoms with Crippen LogP contribution in [0.1, 0.15) is 39.0 Å². The molecule has 1 N–H and O–H groups in total. The van der Waals surface area contributed by atoms with Crippen LogP contribution in [0.15, 0.2) is 11.6 Å². The number of hydrogen-bond acceptors (Lipinski definition) is 2. The molecule has 0 aromatic rings. The first kappa shape index (κ1) is 10.7. The maximum atomic E-state index is 9.32. The molecule has 0 amide bonds. The maximum absolute atomic E-state index is 9.32. The Balaban J connectivity index is 2.17. The van der Waals surface area contributed by atoms with Gasteiger partial charge in [-0.15, -0.1) is 0 Å². The second kappa shape index (κ2) is 6.17. The van der Waals surface area contributed by atoms with Crippen molar-refractivity contribution in [2.75, 3.05) is 13.2 Å². The van der Waals surface area contributed by atoms with E-state index in [0.717, 1.165) is 19.4 Å². The lowest BCUT2D eigenvalue weighted by atomic mass is 10.0. The van der Waals surface area contributed by atoms with Gasteiger partial charge in [0.05, 0.1) is 19.3 Å². The van der Waals surface area contributed by atoms with E-state index in [9.17, 15) is 5.11 Å². The minimum absolute atomic E-state index is 0.272. The molecule has 1 heterocycles. The highest BCUT2D eigenvalue weighted by Crippen LogP contribution is 2.14. The standard InChI is InChI=1S/C11H20O2/c1-2-3-4-5-6-10-7-11(12)9-13-8-10/h6,11-12H,2-5,7-9H2,1H3/b10-6-/t11-/m0/s1. The van der Waals surface area contributed by atoms with Crippen molar-refractivity contribution < 1.29 is 9.84 Å². The number of allylic oxidation sites excluding steroid dienone is 1. The predicted molar refractivity (Wildman–Crippen MR) is 53.7 cm³/mol. The molecule has 0 saturated carbocycles. The molecule has 2 nitrogen and oxygen atoms in total. The first-order chi connectivity index (χ1) is 6.33. The van der Waals surface area contributed by atoms with Crippen LogP contribution < -0.4 is 0 Å². The van der Waals surface area contributed by atoms with E-state index in [2.05, 4.69) is 13.0 Å². The Morgan fingerprint density at radius 1 is 1.54 bits per heavy atom. The first-order valence-corrected chi connectivity index (χ1v) is 5.26. The number of rotatable bonds is 4. The summed E-state index contributed by atoms with van der Waals surface area (Å²) in [5.41, 5.74) is 1.27. The average molecular weight is 184 g/mol. The fraction of sp³-hybridized carbons (Fsp3) is 0.818. The van der Waals surface area contributed by atoms with Crippen molar-refractivity contribution in [2.45, 2.75) is 45.1 Å². The Morgan fingerprint density at radius 2 is 2.38 bits per heavy atom. The van der Waals surface area contributed by atoms with Gasteiger partial charge in [0.15, 0.2) is 0 Å². The summed E-state index contributed by atoms with van der Waals surface area (Å²) >= 11 is 0. The van der Waals surface area contributed by atoms with E-state index in [4.69, 9.17) is 4.74 Å². The Kier molecular flexibility index (Phi) is 5.09. The second-order valence-corrected chi connectivity index (χ2v) is 3.73. The average Bonchev–Trinajstić information content (AvgIpc) is 2.13. The first-order valence-electron chi connectivity index (χ1n) is 5.26. The van der Waals surface area contributed by atoms with Gasteiger partial charge in [-0.05, 0) is 24.8 Å². The van der Waals surface area contributed by atoms with E-state index < -0.39 is 0 Å². The minimum atomic E-state index is -0.272. The van der Waals surface area contributed by atoms with Crippen LogP contribution in [0.3, 0.4) is 0 Å². The molecule has 0 unspecified atom stereocenters. The molecule has 0 radical (unpaired) electrons. The predicted octanol–water partition coefficient (Wildman–Crippen LogP) is 2.27. The third-order valence-electron chi connectivity index (χ3n) is 2.34. The number of hydrogen-bond donors (Lipinski definition) is 1. The molecule has 0 bridgehead atoms. The number of aliphatic hydroxyl groups is 1. The number of unbranched alkanes of at least 4 members (excludes halogenated alkanes) is 3. The Labute approximate surface area is 80.6 Å². The van der Waals surface area contributed by atoms with Crippen molar-refractivity contribution in [2.24, 2.45) is 0 Å². The van der Waals surface area contributed by atoms with E-state index in [1.807, 2.05) is 0 Å². The summed E-state index contributed by atoms with van der Waals surface area (Å²) in [6.07, 6.45) is 7.74. The third-order valence-corrected chi connectivity index (χ3v) is 2.34. The molecule has 1 saturated heterocycles. The smallest absolute Gasteiger partial charge is 0.0811 e. The van der Waals surface area contributed by atoms with Crippen LogP contribution in [-0.4, -0.2) is 24.4 Å². The molecule has 2 heteroatoms. The van der Waals surface area contributed by atoms with Crippen LogP contribution in [0, 0.1) is 0 Å². The largest absolute Gasteiger partial charge is 0.390 e. The lowest BCUT2D eigenvalue weighted by Gasteiger charge is -2.20. The Bertz CT molecular complexity index is 163. The lowest BCUT2D eigenvalue weighted by molar-refractivity contribution is 0.0202. The molecule has 0 aliphatic carbocycles. The fourth-order valence-electron chi connectivity index (χ4n) is 1.59. The third kappa shape index (κ3) is 4.44. The maximum Gasteiger partial charge on any atom is 0.0811 e. The van der Waals surface area contributed by atoms with Crippen LogP contribution in [0.5, 0.6) is 0 Å². The van der Waals surface area contributed by atoms with Crippen LogP contribution >= 0.6 is 0 Å². The van der Waals surface area contributed by atoms with Gasteiger partial charge in [0.1, 0.15) is 0 Å². The van der Waals surface area contributed by atoms with E-state index in [0.29, 0.717) is 6.61 Å². The summed E-state index contributed by atoms with van der Waals surface area (Å²) in [5, 5.41) is 9.32. The number of ether oxygens (including phenoxy) is 1. The van der Waals surface area contributed by atoms with Gasteiger partial charge in [0.2, 0.25) is 0 Å². The van der Waals surface area contributed by atoms with Crippen molar-refractivity contribution in [3.05, 3.63) is 11.6 Å². The van der Waals surface area contributed by atoms with Crippen molar-refractivity contribution in [1.29, 1.82) is 0 Å². The zero-order valence-electron chi connectivity index (χ0n) is 8.46. The van der Waals surface area contributed by atoms with Gasteiger partial charge in [-0.3, -0.25) is 0 Å². The summed E-state index contributed by atoms with van der Waals surface area (Å²) in [6.45, 7) is 3.44. The van der Waals surface area contributed by atoms with E-state index in [1.54, 1.807) is 0 Å². The topological polar surface area (TPSA) is 29.5 Å². The van der Waals surface area contributed by atoms with Crippen molar-refractivity contribution in [3.8, 4) is 0 Å². The molecular formula is C11H20O2. The van der Waals surface area contributed by atoms with Gasteiger partial charge < -0.3 is 9.84 Å². The molecule has 76 valence electrons. The van der Waals surface area contributed by atoms with E-state index in [1.165, 1.54) is 24.8 Å². The van der Waals surface area contributed by atoms with Crippen LogP contribution in [0.4, 0.5) is 0 Å². The SMILES string of the molecule is CCCCC/C=C1\COC[C@@H](O)C1. The van der Waals surface area contributed by atoms with Crippen molar-refractivity contribution in [3.63, 3.8) is 0 Å². The summed E-state index contributed by atoms with van der Waals surface area (Å²) in [6, 6.07) is 0. The van der Waals surface area contributed by atoms with Crippen LogP contribution in [0.2, 0.25) is 0 Å². The molecule has 13 heavy (non-hydrogen) atoms. The van der Waals surface area contributed by atoms with Gasteiger partial charge in [-0.25, -0.2) is 0 Å². The van der Waals surface area contributed by atoms with E-state index in [-0.39, 0.29) is 6.10 Å². The molecule has 1 rings (SSSR count). The second-order valence-electron chi connectivity index (χ2n) is 3.73. The van der Waals surface area contributed by atoms with E-state index >= 15 is 0 Å². The quantitative estimate of drug-likeness (QED) is 0.536. The highest BCUT2D eigenvalue weighted by Gasteiger charge is 2.13. The monoisotopic (exact) mass is 184 g/mol. The van der Waals surface area contributed by atoms with Gasteiger partial charge >= 0.3 is 0 Å². The summed E-state index contributed by atoms with van der Waals surface area (Å²) in [7, 11) is 0. The summed E-state index contributed by atoms with van der Waals surface area (Å²) in [4.78, 5) is 0. The van der Waals surface area contributed by atoms with Crippen molar-refractivity contribution >= 4 is 0 Å². The van der Waals surface area contributed by atoms with Crippen LogP contribution in [0.25, 0.3) is 0 Å². The molecule has 1 atom stereocenters. The molecule has 0 spiro atoms. The molecule has 1 aliphatic heterocycles. The molecule has 1 aliphatic rings. The zero-order chi connectivity index (χ0) is 9.52. The molecule has 1 fully saturated rings. The molecule has 0 aromatic heterocycles. The van der Waals surface area contributed by atoms with Gasteiger partial charge in [0, 0.05) is 0 Å². The highest BCUT2D eigenvalue weighted by atomic mass is 16.5. The summed E-state index contributed by atoms with van der Waals surface area (Å²) in [5.74, 6) is 0. The summed E-state index contributed by atoms with van der Waals surface area (Å²) < 4.78 is 5.23.